The molecule has 0 aliphatic carbocycles. The first-order chi connectivity index (χ1) is 19.8. The molecule has 1 atom stereocenters. The van der Waals surface area contributed by atoms with Crippen LogP contribution in [0.25, 0.3) is 0 Å². The number of aromatic nitrogens is 1. The number of pyridine rings is 1. The Morgan fingerprint density at radius 1 is 0.905 bits per heavy atom. The number of rotatable bonds is 9. The lowest BCUT2D eigenvalue weighted by atomic mass is 9.80. The second kappa shape index (κ2) is 12.2. The van der Waals surface area contributed by atoms with Gasteiger partial charge in [-0.25, -0.2) is 22.4 Å². The summed E-state index contributed by atoms with van der Waals surface area (Å²) in [5, 5.41) is 4.99. The van der Waals surface area contributed by atoms with E-state index in [9.17, 15) is 39.9 Å². The lowest BCUT2D eigenvalue weighted by Gasteiger charge is -2.36. The number of nitrogens with zero attached hydrogens (tertiary/aromatic N) is 1. The molecule has 0 bridgehead atoms. The number of ether oxygens (including phenoxy) is 1. The van der Waals surface area contributed by atoms with Crippen LogP contribution in [0.1, 0.15) is 16.8 Å². The Kier molecular flexibility index (Phi) is 8.90. The summed E-state index contributed by atoms with van der Waals surface area (Å²) in [4.78, 5) is 17.4. The minimum absolute atomic E-state index is 0.00125. The van der Waals surface area contributed by atoms with Gasteiger partial charge in [0.05, 0.1) is 10.7 Å². The van der Waals surface area contributed by atoms with Gasteiger partial charge in [0.1, 0.15) is 22.9 Å². The van der Waals surface area contributed by atoms with Crippen molar-refractivity contribution < 1.29 is 44.7 Å². The molecule has 220 valence electrons. The molecule has 3 aromatic carbocycles. The Hall–Kier alpha value is -4.39. The molecule has 0 fully saturated rings. The second-order valence-electron chi connectivity index (χ2n) is 8.92. The number of alkyl halides is 4. The van der Waals surface area contributed by atoms with Crippen molar-refractivity contribution in [3.8, 4) is 5.75 Å². The van der Waals surface area contributed by atoms with E-state index in [0.29, 0.717) is 6.07 Å². The van der Waals surface area contributed by atoms with E-state index in [1.54, 1.807) is 0 Å². The van der Waals surface area contributed by atoms with Gasteiger partial charge >= 0.3 is 18.6 Å². The zero-order chi connectivity index (χ0) is 30.7. The molecule has 0 aliphatic heterocycles. The van der Waals surface area contributed by atoms with E-state index >= 15 is 0 Å². The molecule has 0 spiro atoms. The van der Waals surface area contributed by atoms with Crippen LogP contribution < -0.4 is 15.4 Å². The van der Waals surface area contributed by atoms with Gasteiger partial charge < -0.3 is 15.4 Å². The molecule has 14 heteroatoms. The van der Waals surface area contributed by atoms with Crippen LogP contribution >= 0.6 is 11.6 Å². The number of hydrogen-bond donors (Lipinski definition) is 2. The van der Waals surface area contributed by atoms with Gasteiger partial charge in [0.25, 0.3) is 0 Å². The van der Waals surface area contributed by atoms with Crippen LogP contribution in [0, 0.1) is 23.3 Å². The molecule has 4 aromatic rings. The predicted molar refractivity (Wildman–Crippen MR) is 137 cm³/mol. The van der Waals surface area contributed by atoms with E-state index in [2.05, 4.69) is 20.4 Å². The zero-order valence-corrected chi connectivity index (χ0v) is 21.7. The summed E-state index contributed by atoms with van der Waals surface area (Å²) in [6, 6.07) is 10.8. The summed E-state index contributed by atoms with van der Waals surface area (Å²) >= 11 is 5.96. The Labute approximate surface area is 238 Å². The molecule has 5 nitrogen and oxygen atoms in total. The fourth-order valence-corrected chi connectivity index (χ4v) is 4.21. The fourth-order valence-electron chi connectivity index (χ4n) is 4.10. The van der Waals surface area contributed by atoms with Gasteiger partial charge in [-0.1, -0.05) is 23.7 Å². The predicted octanol–water partition coefficient (Wildman–Crippen LogP) is 7.84. The maximum Gasteiger partial charge on any atom is 0.461 e. The molecule has 4 rings (SSSR count). The van der Waals surface area contributed by atoms with Crippen LogP contribution in [0.3, 0.4) is 0 Å². The molecule has 1 heterocycles. The Balaban J connectivity index is 1.92. The van der Waals surface area contributed by atoms with E-state index in [1.807, 2.05) is 0 Å². The van der Waals surface area contributed by atoms with Crippen molar-refractivity contribution in [2.24, 2.45) is 0 Å². The van der Waals surface area contributed by atoms with Crippen LogP contribution in [-0.4, -0.2) is 23.5 Å². The summed E-state index contributed by atoms with van der Waals surface area (Å²) in [6.07, 6.45) is -8.69. The molecule has 2 N–H and O–H groups in total. The van der Waals surface area contributed by atoms with Crippen molar-refractivity contribution in [2.75, 3.05) is 5.32 Å². The molecule has 0 saturated carbocycles. The molecule has 0 unspecified atom stereocenters. The van der Waals surface area contributed by atoms with Gasteiger partial charge in [0, 0.05) is 24.4 Å². The van der Waals surface area contributed by atoms with E-state index in [1.165, 1.54) is 24.3 Å². The van der Waals surface area contributed by atoms with Crippen LogP contribution in [0.4, 0.5) is 45.6 Å². The largest absolute Gasteiger partial charge is 0.461 e. The average molecular weight is 616 g/mol. The van der Waals surface area contributed by atoms with E-state index in [0.717, 1.165) is 48.7 Å². The lowest BCUT2D eigenvalue weighted by molar-refractivity contribution is -0.253. The Bertz CT molecular complexity index is 1590. The monoisotopic (exact) mass is 615 g/mol. The van der Waals surface area contributed by atoms with Crippen molar-refractivity contribution in [3.63, 3.8) is 0 Å². The SMILES string of the molecule is O=C(Nc1cccc(F)c1)N[C@](Cc1ccc(F)c(F)c1)(c1cc(F)cc(OC(F)(F)C(F)F)c1)c1ccc(Cl)cn1. The fraction of sp³-hybridized carbons (Fsp3) is 0.143. The van der Waals surface area contributed by atoms with Crippen molar-refractivity contribution in [3.05, 3.63) is 124 Å². The quantitative estimate of drug-likeness (QED) is 0.189. The molecular formula is C28H18ClF8N3O2. The normalized spacial score (nSPS) is 13.0. The number of nitrogens with one attached hydrogen (secondary N) is 2. The third-order valence-electron chi connectivity index (χ3n) is 5.90. The van der Waals surface area contributed by atoms with Gasteiger partial charge in [-0.05, 0) is 65.7 Å². The third kappa shape index (κ3) is 7.08. The summed E-state index contributed by atoms with van der Waals surface area (Å²) in [7, 11) is 0. The Morgan fingerprint density at radius 3 is 2.31 bits per heavy atom. The molecule has 0 saturated heterocycles. The topological polar surface area (TPSA) is 63.2 Å². The highest BCUT2D eigenvalue weighted by molar-refractivity contribution is 6.30. The number of carbonyl (C=O) groups excluding carboxylic acids is 1. The molecular weight excluding hydrogens is 598 g/mol. The number of anilines is 1. The maximum atomic E-state index is 14.9. The highest BCUT2D eigenvalue weighted by Gasteiger charge is 2.45. The van der Waals surface area contributed by atoms with Gasteiger partial charge in [-0.2, -0.15) is 17.6 Å². The number of halogens is 9. The van der Waals surface area contributed by atoms with Gasteiger partial charge in [-0.3, -0.25) is 4.98 Å². The van der Waals surface area contributed by atoms with Crippen molar-refractivity contribution in [1.29, 1.82) is 0 Å². The standard InChI is InChI=1S/C28H18ClF8N3O2/c29-17-5-7-24(38-14-17)27(13-15-4-6-22(32)23(33)8-15,40-26(41)39-20-3-1-2-18(30)11-20)16-9-19(31)12-21(10-16)42-28(36,37)25(34)35/h1-12,14,25H,13H2,(H2,39,40,41)/t27-/m1/s1. The van der Waals surface area contributed by atoms with Gasteiger partial charge in [0.15, 0.2) is 11.6 Å². The van der Waals surface area contributed by atoms with Crippen molar-refractivity contribution in [1.82, 2.24) is 10.3 Å². The molecule has 1 aromatic heterocycles. The first-order valence-electron chi connectivity index (χ1n) is 11.8. The lowest BCUT2D eigenvalue weighted by Crippen LogP contribution is -2.50. The third-order valence-corrected chi connectivity index (χ3v) is 6.12. The van der Waals surface area contributed by atoms with E-state index in [4.69, 9.17) is 11.6 Å². The van der Waals surface area contributed by atoms with Gasteiger partial charge in [-0.15, -0.1) is 0 Å². The summed E-state index contributed by atoms with van der Waals surface area (Å²) in [5.74, 6) is -5.49. The number of urea groups is 1. The average Bonchev–Trinajstić information content (AvgIpc) is 2.90. The smallest absolute Gasteiger partial charge is 0.428 e. The van der Waals surface area contributed by atoms with E-state index in [-0.39, 0.29) is 27.5 Å². The minimum atomic E-state index is -5.02. The number of benzene rings is 3. The zero-order valence-electron chi connectivity index (χ0n) is 21.0. The minimum Gasteiger partial charge on any atom is -0.428 e. The maximum absolute atomic E-state index is 14.9. The van der Waals surface area contributed by atoms with Crippen molar-refractivity contribution in [2.45, 2.75) is 24.5 Å². The van der Waals surface area contributed by atoms with Crippen molar-refractivity contribution >= 4 is 23.3 Å². The molecule has 0 radical (unpaired) electrons. The summed E-state index contributed by atoms with van der Waals surface area (Å²) < 4.78 is 114. The molecule has 42 heavy (non-hydrogen) atoms. The number of carbonyl (C=O) groups is 1. The first-order valence-corrected chi connectivity index (χ1v) is 12.2. The highest BCUT2D eigenvalue weighted by atomic mass is 35.5. The van der Waals surface area contributed by atoms with Crippen LogP contribution in [0.15, 0.2) is 79.0 Å². The van der Waals surface area contributed by atoms with Crippen LogP contribution in [0.2, 0.25) is 5.02 Å². The first kappa shape index (κ1) is 30.6. The number of amides is 2. The highest BCUT2D eigenvalue weighted by Crippen LogP contribution is 2.37. The van der Waals surface area contributed by atoms with Crippen LogP contribution in [0.5, 0.6) is 5.75 Å². The molecule has 0 aliphatic rings. The molecule has 2 amide bonds. The summed E-state index contributed by atoms with van der Waals surface area (Å²) in [5.41, 5.74) is -2.63. The number of hydrogen-bond acceptors (Lipinski definition) is 3. The van der Waals surface area contributed by atoms with Crippen LogP contribution in [-0.2, 0) is 12.0 Å². The summed E-state index contributed by atoms with van der Waals surface area (Å²) in [6.45, 7) is 0. The van der Waals surface area contributed by atoms with Gasteiger partial charge in [0.2, 0.25) is 0 Å². The second-order valence-corrected chi connectivity index (χ2v) is 9.36. The Morgan fingerprint density at radius 2 is 1.67 bits per heavy atom. The van der Waals surface area contributed by atoms with E-state index < -0.39 is 59.5 Å².